The van der Waals surface area contributed by atoms with Gasteiger partial charge >= 0.3 is 0 Å². The molecule has 1 aliphatic rings. The molecule has 0 bridgehead atoms. The summed E-state index contributed by atoms with van der Waals surface area (Å²) >= 11 is 0. The van der Waals surface area contributed by atoms with Gasteiger partial charge in [-0.2, -0.15) is 0 Å². The van der Waals surface area contributed by atoms with Crippen LogP contribution in [0, 0.1) is 5.41 Å². The molecule has 0 amide bonds. The van der Waals surface area contributed by atoms with Crippen LogP contribution in [-0.2, 0) is 14.4 Å². The molecule has 17 heavy (non-hydrogen) atoms. The van der Waals surface area contributed by atoms with Crippen molar-refractivity contribution in [1.29, 1.82) is 0 Å². The van der Waals surface area contributed by atoms with Gasteiger partial charge in [0.25, 0.3) is 5.78 Å². The van der Waals surface area contributed by atoms with Crippen molar-refractivity contribution < 1.29 is 14.4 Å². The number of hydrogen-bond acceptors (Lipinski definition) is 3. The van der Waals surface area contributed by atoms with E-state index in [-0.39, 0.29) is 6.42 Å². The number of benzene rings is 1. The quantitative estimate of drug-likeness (QED) is 0.692. The second-order valence-electron chi connectivity index (χ2n) is 5.13. The Morgan fingerprint density at radius 3 is 2.24 bits per heavy atom. The smallest absolute Gasteiger partial charge is 0.264 e. The molecule has 1 aromatic carbocycles. The van der Waals surface area contributed by atoms with Gasteiger partial charge < -0.3 is 0 Å². The summed E-state index contributed by atoms with van der Waals surface area (Å²) < 4.78 is 0. The molecule has 1 aromatic rings. The Hall–Kier alpha value is -1.77. The maximum atomic E-state index is 12.0. The van der Waals surface area contributed by atoms with E-state index in [0.717, 1.165) is 5.56 Å². The highest BCUT2D eigenvalue weighted by molar-refractivity contribution is 6.65. The lowest BCUT2D eigenvalue weighted by molar-refractivity contribution is -0.149. The van der Waals surface area contributed by atoms with E-state index in [2.05, 4.69) is 0 Å². The van der Waals surface area contributed by atoms with E-state index < -0.39 is 28.7 Å². The van der Waals surface area contributed by atoms with Gasteiger partial charge in [0, 0.05) is 6.42 Å². The fourth-order valence-corrected chi connectivity index (χ4v) is 2.47. The zero-order chi connectivity index (χ0) is 12.6. The van der Waals surface area contributed by atoms with Crippen molar-refractivity contribution in [3.05, 3.63) is 35.9 Å². The monoisotopic (exact) mass is 230 g/mol. The molecule has 1 unspecified atom stereocenters. The van der Waals surface area contributed by atoms with E-state index in [4.69, 9.17) is 0 Å². The molecule has 1 atom stereocenters. The summed E-state index contributed by atoms with van der Waals surface area (Å²) in [6, 6.07) is 9.18. The second kappa shape index (κ2) is 3.91. The van der Waals surface area contributed by atoms with Gasteiger partial charge in [0.15, 0.2) is 0 Å². The minimum Gasteiger partial charge on any atom is -0.290 e. The van der Waals surface area contributed by atoms with Crippen LogP contribution in [0.1, 0.15) is 31.7 Å². The lowest BCUT2D eigenvalue weighted by Crippen LogP contribution is -2.44. The van der Waals surface area contributed by atoms with Gasteiger partial charge in [-0.15, -0.1) is 0 Å². The average molecular weight is 230 g/mol. The predicted octanol–water partition coefficient (Wildman–Crippen LogP) is 1.91. The van der Waals surface area contributed by atoms with Crippen molar-refractivity contribution in [3.63, 3.8) is 0 Å². The van der Waals surface area contributed by atoms with Crippen LogP contribution in [0.25, 0.3) is 0 Å². The zero-order valence-electron chi connectivity index (χ0n) is 9.90. The van der Waals surface area contributed by atoms with Crippen molar-refractivity contribution >= 4 is 17.3 Å². The molecule has 1 saturated carbocycles. The number of hydrogen-bond donors (Lipinski definition) is 0. The second-order valence-corrected chi connectivity index (χ2v) is 5.13. The van der Waals surface area contributed by atoms with Crippen LogP contribution >= 0.6 is 0 Å². The molecule has 88 valence electrons. The lowest BCUT2D eigenvalue weighted by atomic mass is 9.65. The molecule has 1 fully saturated rings. The van der Waals surface area contributed by atoms with Gasteiger partial charge in [-0.1, -0.05) is 44.2 Å². The number of ketones is 3. The first-order valence-electron chi connectivity index (χ1n) is 5.60. The molecule has 3 nitrogen and oxygen atoms in total. The standard InChI is InChI=1S/C14H14O3/c1-14(2)8-10(15)12(16)13(17)11(14)9-6-4-3-5-7-9/h3-7,11H,8H2,1-2H3. The zero-order valence-corrected chi connectivity index (χ0v) is 9.90. The van der Waals surface area contributed by atoms with Gasteiger partial charge in [0.05, 0.1) is 5.92 Å². The fourth-order valence-electron chi connectivity index (χ4n) is 2.47. The van der Waals surface area contributed by atoms with Crippen LogP contribution in [0.3, 0.4) is 0 Å². The number of carbonyl (C=O) groups is 3. The maximum Gasteiger partial charge on any atom is 0.264 e. The summed E-state index contributed by atoms with van der Waals surface area (Å²) in [5.74, 6) is -2.49. The minimum atomic E-state index is -0.849. The number of Topliss-reactive ketones (excluding diaryl/α,β-unsaturated/α-hetero) is 3. The van der Waals surface area contributed by atoms with Gasteiger partial charge in [-0.05, 0) is 11.0 Å². The van der Waals surface area contributed by atoms with Crippen LogP contribution in [0.15, 0.2) is 30.3 Å². The third-order valence-corrected chi connectivity index (χ3v) is 3.27. The van der Waals surface area contributed by atoms with E-state index >= 15 is 0 Å². The van der Waals surface area contributed by atoms with Crippen LogP contribution in [0.5, 0.6) is 0 Å². The summed E-state index contributed by atoms with van der Waals surface area (Å²) in [5.41, 5.74) is 0.312. The molecule has 0 aromatic heterocycles. The average Bonchev–Trinajstić information content (AvgIpc) is 2.27. The van der Waals surface area contributed by atoms with E-state index in [1.54, 1.807) is 0 Å². The van der Waals surface area contributed by atoms with Crippen LogP contribution in [0.4, 0.5) is 0 Å². The van der Waals surface area contributed by atoms with Gasteiger partial charge in [-0.3, -0.25) is 14.4 Å². The molecule has 2 rings (SSSR count). The molecular weight excluding hydrogens is 216 g/mol. The van der Waals surface area contributed by atoms with E-state index in [9.17, 15) is 14.4 Å². The van der Waals surface area contributed by atoms with Crippen LogP contribution in [-0.4, -0.2) is 17.3 Å². The Bertz CT molecular complexity index is 485. The highest BCUT2D eigenvalue weighted by Crippen LogP contribution is 2.42. The highest BCUT2D eigenvalue weighted by Gasteiger charge is 2.47. The van der Waals surface area contributed by atoms with Crippen LogP contribution < -0.4 is 0 Å². The minimum absolute atomic E-state index is 0.136. The third-order valence-electron chi connectivity index (χ3n) is 3.27. The molecule has 0 N–H and O–H groups in total. The Balaban J connectivity index is 2.48. The summed E-state index contributed by atoms with van der Waals surface area (Å²) in [4.78, 5) is 34.9. The number of carbonyl (C=O) groups excluding carboxylic acids is 3. The van der Waals surface area contributed by atoms with Gasteiger partial charge in [-0.25, -0.2) is 0 Å². The molecule has 0 spiro atoms. The van der Waals surface area contributed by atoms with Crippen molar-refractivity contribution in [2.45, 2.75) is 26.2 Å². The SMILES string of the molecule is CC1(C)CC(=O)C(=O)C(=O)C1c1ccccc1. The highest BCUT2D eigenvalue weighted by atomic mass is 16.2. The Morgan fingerprint density at radius 2 is 1.65 bits per heavy atom. The van der Waals surface area contributed by atoms with Gasteiger partial charge in [0.2, 0.25) is 11.6 Å². The summed E-state index contributed by atoms with van der Waals surface area (Å²) in [7, 11) is 0. The van der Waals surface area contributed by atoms with Crippen molar-refractivity contribution in [3.8, 4) is 0 Å². The normalized spacial score (nSPS) is 23.9. The number of rotatable bonds is 1. The predicted molar refractivity (Wildman–Crippen MR) is 62.6 cm³/mol. The molecule has 0 aliphatic heterocycles. The molecule has 1 aliphatic carbocycles. The molecule has 0 heterocycles. The van der Waals surface area contributed by atoms with E-state index in [1.165, 1.54) is 0 Å². The summed E-state index contributed by atoms with van der Waals surface area (Å²) in [6.07, 6.45) is 0.136. The Kier molecular flexibility index (Phi) is 2.69. The Labute approximate surface area is 99.8 Å². The summed E-state index contributed by atoms with van der Waals surface area (Å²) in [6.45, 7) is 3.71. The van der Waals surface area contributed by atoms with Crippen molar-refractivity contribution in [1.82, 2.24) is 0 Å². The third kappa shape index (κ3) is 1.93. The lowest BCUT2D eigenvalue weighted by Gasteiger charge is -2.35. The Morgan fingerprint density at radius 1 is 1.06 bits per heavy atom. The fraction of sp³-hybridized carbons (Fsp3) is 0.357. The topological polar surface area (TPSA) is 51.2 Å². The molecule has 0 radical (unpaired) electrons. The van der Waals surface area contributed by atoms with Crippen molar-refractivity contribution in [2.75, 3.05) is 0 Å². The van der Waals surface area contributed by atoms with E-state index in [0.29, 0.717) is 0 Å². The maximum absolute atomic E-state index is 12.0. The first-order chi connectivity index (χ1) is 7.93. The van der Waals surface area contributed by atoms with E-state index in [1.807, 2.05) is 44.2 Å². The van der Waals surface area contributed by atoms with Crippen LogP contribution in [0.2, 0.25) is 0 Å². The van der Waals surface area contributed by atoms with Gasteiger partial charge in [0.1, 0.15) is 0 Å². The molecular formula is C14H14O3. The van der Waals surface area contributed by atoms with Crippen molar-refractivity contribution in [2.24, 2.45) is 5.41 Å². The largest absolute Gasteiger partial charge is 0.290 e. The summed E-state index contributed by atoms with van der Waals surface area (Å²) in [5, 5.41) is 0. The first kappa shape index (κ1) is 11.7. The molecule has 0 saturated heterocycles. The first-order valence-corrected chi connectivity index (χ1v) is 5.60. The molecule has 3 heteroatoms.